The number of hydrogen-bond acceptors (Lipinski definition) is 3. The van der Waals surface area contributed by atoms with Gasteiger partial charge in [-0.3, -0.25) is 0 Å². The molecule has 1 aliphatic rings. The third-order valence-corrected chi connectivity index (χ3v) is 5.00. The first kappa shape index (κ1) is 12.1. The summed E-state index contributed by atoms with van der Waals surface area (Å²) < 4.78 is 0. The smallest absolute Gasteiger partial charge is 0.166 e. The molecule has 3 N–H and O–H groups in total. The average Bonchev–Trinajstić information content (AvgIpc) is 2.76. The van der Waals surface area contributed by atoms with Crippen molar-refractivity contribution < 1.29 is 0 Å². The summed E-state index contributed by atoms with van der Waals surface area (Å²) >= 11 is 1.81. The van der Waals surface area contributed by atoms with Crippen molar-refractivity contribution in [3.8, 4) is 0 Å². The number of thioether (sulfide) groups is 1. The van der Waals surface area contributed by atoms with Gasteiger partial charge < -0.3 is 10.7 Å². The minimum Gasteiger partial charge on any atom is -0.333 e. The Morgan fingerprint density at radius 3 is 3.00 bits per heavy atom. The quantitative estimate of drug-likeness (QED) is 0.873. The van der Waals surface area contributed by atoms with Crippen molar-refractivity contribution in [3.63, 3.8) is 0 Å². The highest BCUT2D eigenvalue weighted by Gasteiger charge is 2.27. The van der Waals surface area contributed by atoms with Crippen molar-refractivity contribution >= 4 is 22.8 Å². The molecule has 3 unspecified atom stereocenters. The summed E-state index contributed by atoms with van der Waals surface area (Å²) in [6, 6.07) is 8.46. The Morgan fingerprint density at radius 2 is 2.17 bits per heavy atom. The summed E-state index contributed by atoms with van der Waals surface area (Å²) in [4.78, 5) is 7.99. The van der Waals surface area contributed by atoms with Gasteiger partial charge in [0.1, 0.15) is 0 Å². The second-order valence-corrected chi connectivity index (χ2v) is 6.53. The molecule has 1 aromatic carbocycles. The molecule has 1 heterocycles. The van der Waals surface area contributed by atoms with E-state index in [-0.39, 0.29) is 0 Å². The maximum absolute atomic E-state index is 6.22. The van der Waals surface area contributed by atoms with Gasteiger partial charge in [-0.2, -0.15) is 0 Å². The number of hydrogen-bond donors (Lipinski definition) is 2. The van der Waals surface area contributed by atoms with Crippen LogP contribution in [0.15, 0.2) is 29.4 Å². The van der Waals surface area contributed by atoms with Crippen LogP contribution in [0.4, 0.5) is 0 Å². The molecule has 1 saturated carbocycles. The monoisotopic (exact) mass is 261 g/mol. The second kappa shape index (κ2) is 4.94. The fraction of sp³-hybridized carbons (Fsp3) is 0.500. The zero-order chi connectivity index (χ0) is 12.5. The largest absolute Gasteiger partial charge is 0.333 e. The van der Waals surface area contributed by atoms with Crippen LogP contribution in [0, 0.1) is 5.92 Å². The lowest BCUT2D eigenvalue weighted by atomic mass is 9.87. The molecule has 3 atom stereocenters. The Morgan fingerprint density at radius 1 is 1.33 bits per heavy atom. The van der Waals surface area contributed by atoms with E-state index in [1.807, 2.05) is 30.0 Å². The first-order chi connectivity index (χ1) is 8.72. The molecule has 18 heavy (non-hydrogen) atoms. The van der Waals surface area contributed by atoms with Gasteiger partial charge in [-0.15, -0.1) is 0 Å². The number of para-hydroxylation sites is 2. The minimum atomic E-state index is 0.305. The summed E-state index contributed by atoms with van der Waals surface area (Å²) in [7, 11) is 0. The molecule has 3 nitrogen and oxygen atoms in total. The topological polar surface area (TPSA) is 54.7 Å². The van der Waals surface area contributed by atoms with Gasteiger partial charge in [0.15, 0.2) is 5.16 Å². The molecule has 2 aromatic rings. The van der Waals surface area contributed by atoms with Gasteiger partial charge >= 0.3 is 0 Å². The zero-order valence-electron chi connectivity index (χ0n) is 10.6. The molecule has 0 spiro atoms. The Kier molecular flexibility index (Phi) is 3.31. The summed E-state index contributed by atoms with van der Waals surface area (Å²) in [6.45, 7) is 2.32. The molecule has 0 aliphatic heterocycles. The average molecular weight is 261 g/mol. The number of nitrogens with one attached hydrogen (secondary N) is 1. The van der Waals surface area contributed by atoms with E-state index in [0.29, 0.717) is 11.3 Å². The maximum Gasteiger partial charge on any atom is 0.166 e. The normalized spacial score (nSPS) is 28.7. The van der Waals surface area contributed by atoms with E-state index in [1.54, 1.807) is 0 Å². The number of aromatic amines is 1. The van der Waals surface area contributed by atoms with Crippen molar-refractivity contribution in [1.82, 2.24) is 9.97 Å². The number of nitrogens with zero attached hydrogens (tertiary/aromatic N) is 1. The SMILES string of the molecule is CC1CCC(N)C(Sc2nc3ccccc3[nH]2)C1. The fourth-order valence-electron chi connectivity index (χ4n) is 2.62. The van der Waals surface area contributed by atoms with E-state index >= 15 is 0 Å². The van der Waals surface area contributed by atoms with E-state index in [1.165, 1.54) is 12.8 Å². The summed E-state index contributed by atoms with van der Waals surface area (Å²) in [5.41, 5.74) is 8.37. The molecular weight excluding hydrogens is 242 g/mol. The molecule has 3 rings (SSSR count). The number of nitrogens with two attached hydrogens (primary N) is 1. The number of benzene rings is 1. The molecule has 0 amide bonds. The standard InChI is InChI=1S/C14H19N3S/c1-9-6-7-10(15)13(8-9)18-14-16-11-4-2-3-5-12(11)17-14/h2-5,9-10,13H,6-8,15H2,1H3,(H,16,17). The molecule has 0 bridgehead atoms. The van der Waals surface area contributed by atoms with Crippen LogP contribution in [-0.2, 0) is 0 Å². The summed E-state index contributed by atoms with van der Waals surface area (Å²) in [5.74, 6) is 0.784. The lowest BCUT2D eigenvalue weighted by Crippen LogP contribution is -2.37. The van der Waals surface area contributed by atoms with Crippen molar-refractivity contribution in [2.75, 3.05) is 0 Å². The maximum atomic E-state index is 6.22. The van der Waals surface area contributed by atoms with Crippen molar-refractivity contribution in [2.24, 2.45) is 11.7 Å². The first-order valence-electron chi connectivity index (χ1n) is 6.59. The van der Waals surface area contributed by atoms with Crippen molar-refractivity contribution in [2.45, 2.75) is 42.6 Å². The number of imidazole rings is 1. The lowest BCUT2D eigenvalue weighted by molar-refractivity contribution is 0.357. The highest BCUT2D eigenvalue weighted by atomic mass is 32.2. The molecule has 1 aliphatic carbocycles. The summed E-state index contributed by atoms with van der Waals surface area (Å²) in [6.07, 6.45) is 3.60. The predicted molar refractivity (Wildman–Crippen MR) is 76.7 cm³/mol. The Hall–Kier alpha value is -1.00. The van der Waals surface area contributed by atoms with Crippen LogP contribution in [0.3, 0.4) is 0 Å². The van der Waals surface area contributed by atoms with E-state index in [0.717, 1.165) is 28.5 Å². The Balaban J connectivity index is 1.78. The van der Waals surface area contributed by atoms with Crippen LogP contribution in [-0.4, -0.2) is 21.3 Å². The first-order valence-corrected chi connectivity index (χ1v) is 7.47. The number of fused-ring (bicyclic) bond motifs is 1. The van der Waals surface area contributed by atoms with Gasteiger partial charge in [0, 0.05) is 11.3 Å². The predicted octanol–water partition coefficient (Wildman–Crippen LogP) is 3.17. The number of aromatic nitrogens is 2. The zero-order valence-corrected chi connectivity index (χ0v) is 11.4. The van der Waals surface area contributed by atoms with Gasteiger partial charge in [0.05, 0.1) is 11.0 Å². The van der Waals surface area contributed by atoms with Crippen LogP contribution in [0.25, 0.3) is 11.0 Å². The van der Waals surface area contributed by atoms with E-state index in [2.05, 4.69) is 23.0 Å². The van der Waals surface area contributed by atoms with Gasteiger partial charge in [-0.1, -0.05) is 30.8 Å². The number of H-pyrrole nitrogens is 1. The van der Waals surface area contributed by atoms with Crippen LogP contribution in [0.1, 0.15) is 26.2 Å². The van der Waals surface area contributed by atoms with E-state index in [9.17, 15) is 0 Å². The van der Waals surface area contributed by atoms with Gasteiger partial charge in [0.2, 0.25) is 0 Å². The summed E-state index contributed by atoms with van der Waals surface area (Å²) in [5, 5.41) is 1.50. The molecule has 96 valence electrons. The second-order valence-electron chi connectivity index (χ2n) is 5.30. The van der Waals surface area contributed by atoms with Gasteiger partial charge in [0.25, 0.3) is 0 Å². The van der Waals surface area contributed by atoms with Crippen LogP contribution in [0.5, 0.6) is 0 Å². The molecule has 4 heteroatoms. The van der Waals surface area contributed by atoms with Crippen LogP contribution in [0.2, 0.25) is 0 Å². The highest BCUT2D eigenvalue weighted by Crippen LogP contribution is 2.34. The molecule has 0 saturated heterocycles. The third-order valence-electron chi connectivity index (χ3n) is 3.74. The molecule has 1 aromatic heterocycles. The van der Waals surface area contributed by atoms with E-state index in [4.69, 9.17) is 5.73 Å². The molecule has 0 radical (unpaired) electrons. The van der Waals surface area contributed by atoms with Crippen molar-refractivity contribution in [1.29, 1.82) is 0 Å². The van der Waals surface area contributed by atoms with E-state index < -0.39 is 0 Å². The fourth-order valence-corrected chi connectivity index (χ4v) is 3.96. The van der Waals surface area contributed by atoms with Crippen molar-refractivity contribution in [3.05, 3.63) is 24.3 Å². The third kappa shape index (κ3) is 2.40. The molecular formula is C14H19N3S. The van der Waals surface area contributed by atoms with Gasteiger partial charge in [-0.25, -0.2) is 4.98 Å². The van der Waals surface area contributed by atoms with Gasteiger partial charge in [-0.05, 0) is 37.3 Å². The minimum absolute atomic E-state index is 0.305. The highest BCUT2D eigenvalue weighted by molar-refractivity contribution is 7.99. The number of rotatable bonds is 2. The van der Waals surface area contributed by atoms with Crippen LogP contribution < -0.4 is 5.73 Å². The Labute approximate surface area is 112 Å². The van der Waals surface area contributed by atoms with Crippen LogP contribution >= 0.6 is 11.8 Å². The molecule has 1 fully saturated rings. The lowest BCUT2D eigenvalue weighted by Gasteiger charge is -2.31. The Bertz CT molecular complexity index is 504.